The largest absolute Gasteiger partial charge is 0.454 e. The minimum atomic E-state index is -0.408. The van der Waals surface area contributed by atoms with Gasteiger partial charge in [-0.05, 0) is 23.8 Å². The lowest BCUT2D eigenvalue weighted by Crippen LogP contribution is -2.42. The number of thioether (sulfide) groups is 1. The van der Waals surface area contributed by atoms with Gasteiger partial charge < -0.3 is 9.47 Å². The van der Waals surface area contributed by atoms with Crippen LogP contribution in [-0.2, 0) is 14.4 Å². The van der Waals surface area contributed by atoms with Gasteiger partial charge in [0.05, 0.1) is 4.91 Å². The Kier molecular flexibility index (Phi) is 5.43. The highest BCUT2D eigenvalue weighted by Crippen LogP contribution is 2.36. The molecule has 1 aromatic rings. The molecule has 1 fully saturated rings. The average Bonchev–Trinajstić information content (AvgIpc) is 3.16. The van der Waals surface area contributed by atoms with Crippen LogP contribution >= 0.6 is 24.0 Å². The Balaban J connectivity index is 1.63. The SMILES string of the molecule is CC(=O)NNC(=O)CCN1C(=O)C(=Cc2ccc3c(c2)OCO3)SC1=S. The van der Waals surface area contributed by atoms with Crippen molar-refractivity contribution in [2.24, 2.45) is 0 Å². The van der Waals surface area contributed by atoms with Gasteiger partial charge in [0.2, 0.25) is 18.6 Å². The maximum atomic E-state index is 12.5. The summed E-state index contributed by atoms with van der Waals surface area (Å²) in [5.41, 5.74) is 5.23. The molecule has 1 aromatic carbocycles. The van der Waals surface area contributed by atoms with Crippen molar-refractivity contribution in [2.45, 2.75) is 13.3 Å². The Hall–Kier alpha value is -2.59. The number of ether oxygens (including phenoxy) is 2. The number of benzene rings is 1. The van der Waals surface area contributed by atoms with E-state index in [1.54, 1.807) is 18.2 Å². The highest BCUT2D eigenvalue weighted by atomic mass is 32.2. The fourth-order valence-corrected chi connectivity index (χ4v) is 3.59. The highest BCUT2D eigenvalue weighted by Gasteiger charge is 2.32. The van der Waals surface area contributed by atoms with Crippen LogP contribution < -0.4 is 20.3 Å². The third kappa shape index (κ3) is 4.14. The van der Waals surface area contributed by atoms with E-state index in [4.69, 9.17) is 21.7 Å². The Morgan fingerprint density at radius 2 is 2.08 bits per heavy atom. The van der Waals surface area contributed by atoms with E-state index in [1.807, 2.05) is 6.07 Å². The lowest BCUT2D eigenvalue weighted by atomic mass is 10.2. The maximum Gasteiger partial charge on any atom is 0.266 e. The molecule has 8 nitrogen and oxygen atoms in total. The zero-order valence-corrected chi connectivity index (χ0v) is 15.4. The lowest BCUT2D eigenvalue weighted by molar-refractivity contribution is -0.128. The molecular weight excluding hydrogens is 378 g/mol. The van der Waals surface area contributed by atoms with Gasteiger partial charge in [-0.25, -0.2) is 0 Å². The van der Waals surface area contributed by atoms with Crippen LogP contribution in [-0.4, -0.2) is 40.3 Å². The van der Waals surface area contributed by atoms with Gasteiger partial charge in [0.1, 0.15) is 4.32 Å². The third-order valence-corrected chi connectivity index (χ3v) is 4.89. The molecule has 1 saturated heterocycles. The summed E-state index contributed by atoms with van der Waals surface area (Å²) in [4.78, 5) is 36.8. The van der Waals surface area contributed by atoms with E-state index in [9.17, 15) is 14.4 Å². The summed E-state index contributed by atoms with van der Waals surface area (Å²) in [7, 11) is 0. The molecule has 0 spiro atoms. The molecule has 10 heteroatoms. The first-order valence-corrected chi connectivity index (χ1v) is 8.87. The van der Waals surface area contributed by atoms with Crippen LogP contribution in [0.2, 0.25) is 0 Å². The molecule has 136 valence electrons. The van der Waals surface area contributed by atoms with E-state index in [0.717, 1.165) is 5.56 Å². The normalized spacial score (nSPS) is 17.0. The summed E-state index contributed by atoms with van der Waals surface area (Å²) in [5, 5.41) is 0. The fraction of sp³-hybridized carbons (Fsp3) is 0.250. The van der Waals surface area contributed by atoms with E-state index < -0.39 is 5.91 Å². The van der Waals surface area contributed by atoms with E-state index in [0.29, 0.717) is 20.7 Å². The summed E-state index contributed by atoms with van der Waals surface area (Å²) in [5.74, 6) is 0.248. The van der Waals surface area contributed by atoms with Crippen LogP contribution in [0.5, 0.6) is 11.5 Å². The predicted octanol–water partition coefficient (Wildman–Crippen LogP) is 1.17. The van der Waals surface area contributed by atoms with Crippen LogP contribution in [0.15, 0.2) is 23.1 Å². The van der Waals surface area contributed by atoms with Crippen LogP contribution in [0.4, 0.5) is 0 Å². The van der Waals surface area contributed by atoms with Gasteiger partial charge in [0.25, 0.3) is 5.91 Å². The molecular formula is C16H15N3O5S2. The number of carbonyl (C=O) groups excluding carboxylic acids is 3. The second-order valence-electron chi connectivity index (χ2n) is 5.43. The van der Waals surface area contributed by atoms with Crippen LogP contribution in [0.3, 0.4) is 0 Å². The molecule has 0 saturated carbocycles. The first-order valence-electron chi connectivity index (χ1n) is 7.64. The van der Waals surface area contributed by atoms with Gasteiger partial charge in [-0.3, -0.25) is 30.1 Å². The third-order valence-electron chi connectivity index (χ3n) is 3.51. The van der Waals surface area contributed by atoms with Crippen molar-refractivity contribution in [3.63, 3.8) is 0 Å². The second kappa shape index (κ2) is 7.75. The summed E-state index contributed by atoms with van der Waals surface area (Å²) < 4.78 is 11.0. The average molecular weight is 393 g/mol. The number of rotatable bonds is 4. The summed E-state index contributed by atoms with van der Waals surface area (Å²) in [6.45, 7) is 1.60. The molecule has 0 aliphatic carbocycles. The summed E-state index contributed by atoms with van der Waals surface area (Å²) in [6.07, 6.45) is 1.74. The number of hydrogen-bond donors (Lipinski definition) is 2. The molecule has 3 amide bonds. The molecule has 2 aliphatic rings. The van der Waals surface area contributed by atoms with E-state index in [-0.39, 0.29) is 31.6 Å². The van der Waals surface area contributed by atoms with Crippen molar-refractivity contribution in [3.05, 3.63) is 28.7 Å². The monoisotopic (exact) mass is 393 g/mol. The molecule has 0 bridgehead atoms. The minimum absolute atomic E-state index is 0.0179. The van der Waals surface area contributed by atoms with E-state index in [1.165, 1.54) is 23.6 Å². The Labute approximate surface area is 158 Å². The van der Waals surface area contributed by atoms with Crippen molar-refractivity contribution >= 4 is 52.1 Å². The van der Waals surface area contributed by atoms with Gasteiger partial charge in [-0.1, -0.05) is 30.0 Å². The van der Waals surface area contributed by atoms with Crippen molar-refractivity contribution in [2.75, 3.05) is 13.3 Å². The zero-order chi connectivity index (χ0) is 18.7. The zero-order valence-electron chi connectivity index (χ0n) is 13.7. The highest BCUT2D eigenvalue weighted by molar-refractivity contribution is 8.26. The molecule has 0 aromatic heterocycles. The molecule has 2 aliphatic heterocycles. The molecule has 26 heavy (non-hydrogen) atoms. The number of fused-ring (bicyclic) bond motifs is 1. The number of hydrogen-bond acceptors (Lipinski definition) is 7. The number of nitrogens with one attached hydrogen (secondary N) is 2. The standard InChI is InChI=1S/C16H15N3O5S2/c1-9(20)17-18-14(21)4-5-19-15(22)13(26-16(19)25)7-10-2-3-11-12(6-10)24-8-23-11/h2-3,6-7H,4-5,8H2,1H3,(H,17,20)(H,18,21). The van der Waals surface area contributed by atoms with Gasteiger partial charge in [0.15, 0.2) is 11.5 Å². The van der Waals surface area contributed by atoms with Crippen molar-refractivity contribution in [3.8, 4) is 11.5 Å². The van der Waals surface area contributed by atoms with Crippen LogP contribution in [0.25, 0.3) is 6.08 Å². The molecule has 2 heterocycles. The lowest BCUT2D eigenvalue weighted by Gasteiger charge is -2.14. The van der Waals surface area contributed by atoms with E-state index >= 15 is 0 Å². The summed E-state index contributed by atoms with van der Waals surface area (Å²) >= 11 is 6.40. The number of hydrazine groups is 1. The van der Waals surface area contributed by atoms with E-state index in [2.05, 4.69) is 10.9 Å². The first-order chi connectivity index (χ1) is 12.4. The van der Waals surface area contributed by atoms with Crippen molar-refractivity contribution in [1.82, 2.24) is 15.8 Å². The molecule has 0 radical (unpaired) electrons. The Morgan fingerprint density at radius 1 is 1.31 bits per heavy atom. The van der Waals surface area contributed by atoms with Crippen molar-refractivity contribution < 1.29 is 23.9 Å². The van der Waals surface area contributed by atoms with Crippen LogP contribution in [0.1, 0.15) is 18.9 Å². The van der Waals surface area contributed by atoms with Gasteiger partial charge in [-0.15, -0.1) is 0 Å². The first kappa shape index (κ1) is 18.2. The maximum absolute atomic E-state index is 12.5. The summed E-state index contributed by atoms with van der Waals surface area (Å²) in [6, 6.07) is 5.39. The Bertz CT molecular complexity index is 824. The fourth-order valence-electron chi connectivity index (χ4n) is 2.28. The van der Waals surface area contributed by atoms with Gasteiger partial charge >= 0.3 is 0 Å². The van der Waals surface area contributed by atoms with Gasteiger partial charge in [0, 0.05) is 19.9 Å². The number of thiocarbonyl (C=S) groups is 1. The topological polar surface area (TPSA) is 97.0 Å². The predicted molar refractivity (Wildman–Crippen MR) is 99.0 cm³/mol. The van der Waals surface area contributed by atoms with Crippen molar-refractivity contribution in [1.29, 1.82) is 0 Å². The molecule has 2 N–H and O–H groups in total. The molecule has 3 rings (SSSR count). The molecule has 0 atom stereocenters. The number of carbonyl (C=O) groups is 3. The second-order valence-corrected chi connectivity index (χ2v) is 7.10. The molecule has 0 unspecified atom stereocenters. The number of nitrogens with zero attached hydrogens (tertiary/aromatic N) is 1. The number of amides is 3. The quantitative estimate of drug-likeness (QED) is 0.450. The smallest absolute Gasteiger partial charge is 0.266 e. The minimum Gasteiger partial charge on any atom is -0.454 e. The van der Waals surface area contributed by atoms with Gasteiger partial charge in [-0.2, -0.15) is 0 Å². The van der Waals surface area contributed by atoms with Crippen LogP contribution in [0, 0.1) is 0 Å². The Morgan fingerprint density at radius 3 is 2.85 bits per heavy atom.